The smallest absolute Gasteiger partial charge is 0.239 e. The van der Waals surface area contributed by atoms with Crippen molar-refractivity contribution in [1.29, 1.82) is 0 Å². The highest BCUT2D eigenvalue weighted by molar-refractivity contribution is 5.81. The van der Waals surface area contributed by atoms with Crippen LogP contribution in [-0.4, -0.2) is 29.9 Å². The molecule has 0 radical (unpaired) electrons. The monoisotopic (exact) mass is 158 g/mol. The highest BCUT2D eigenvalue weighted by Gasteiger charge is 2.15. The van der Waals surface area contributed by atoms with Gasteiger partial charge in [-0.15, -0.1) is 0 Å². The van der Waals surface area contributed by atoms with Crippen molar-refractivity contribution in [1.82, 2.24) is 4.90 Å². The summed E-state index contributed by atoms with van der Waals surface area (Å²) in [4.78, 5) is 13.1. The van der Waals surface area contributed by atoms with Gasteiger partial charge in [0.25, 0.3) is 0 Å². The minimum Gasteiger partial charge on any atom is -0.342 e. The lowest BCUT2D eigenvalue weighted by Gasteiger charge is -2.21. The second-order valence-corrected chi connectivity index (χ2v) is 2.53. The van der Waals surface area contributed by atoms with E-state index < -0.39 is 0 Å². The number of carbonyl (C=O) groups excluding carboxylic acids is 1. The zero-order valence-corrected chi connectivity index (χ0v) is 7.63. The van der Waals surface area contributed by atoms with Gasteiger partial charge in [0.2, 0.25) is 5.91 Å². The van der Waals surface area contributed by atoms with Crippen molar-refractivity contribution in [2.75, 3.05) is 13.1 Å². The average Bonchev–Trinajstić information content (AvgIpc) is 2.05. The van der Waals surface area contributed by atoms with Crippen molar-refractivity contribution in [2.45, 2.75) is 33.2 Å². The van der Waals surface area contributed by atoms with E-state index >= 15 is 0 Å². The van der Waals surface area contributed by atoms with Crippen LogP contribution in [0.2, 0.25) is 0 Å². The van der Waals surface area contributed by atoms with Crippen LogP contribution in [0, 0.1) is 0 Å². The Labute approximate surface area is 68.6 Å². The summed E-state index contributed by atoms with van der Waals surface area (Å²) in [6.07, 6.45) is 0.718. The van der Waals surface area contributed by atoms with Crippen LogP contribution in [-0.2, 0) is 4.79 Å². The first-order valence-corrected chi connectivity index (χ1v) is 4.21. The maximum atomic E-state index is 11.3. The van der Waals surface area contributed by atoms with Crippen LogP contribution in [0.4, 0.5) is 0 Å². The summed E-state index contributed by atoms with van der Waals surface area (Å²) in [6, 6.07) is -0.310. The lowest BCUT2D eigenvalue weighted by Crippen LogP contribution is -2.43. The van der Waals surface area contributed by atoms with Gasteiger partial charge in [-0.3, -0.25) is 4.79 Å². The number of likely N-dealkylation sites (N-methyl/N-ethyl adjacent to an activating group) is 1. The minimum atomic E-state index is -0.310. The Kier molecular flexibility index (Phi) is 4.86. The molecule has 0 spiro atoms. The van der Waals surface area contributed by atoms with Gasteiger partial charge in [-0.25, -0.2) is 0 Å². The van der Waals surface area contributed by atoms with Gasteiger partial charge < -0.3 is 10.6 Å². The highest BCUT2D eigenvalue weighted by atomic mass is 16.2. The van der Waals surface area contributed by atoms with Crippen LogP contribution in [0.25, 0.3) is 0 Å². The van der Waals surface area contributed by atoms with Gasteiger partial charge in [-0.1, -0.05) is 6.92 Å². The second kappa shape index (κ2) is 5.13. The van der Waals surface area contributed by atoms with Crippen molar-refractivity contribution in [3.63, 3.8) is 0 Å². The lowest BCUT2D eigenvalue weighted by molar-refractivity contribution is -0.132. The summed E-state index contributed by atoms with van der Waals surface area (Å²) >= 11 is 0. The highest BCUT2D eigenvalue weighted by Crippen LogP contribution is 1.95. The van der Waals surface area contributed by atoms with Gasteiger partial charge in [0, 0.05) is 13.1 Å². The Bertz CT molecular complexity index is 121. The quantitative estimate of drug-likeness (QED) is 0.651. The molecule has 0 rings (SSSR count). The fraction of sp³-hybridized carbons (Fsp3) is 0.875. The van der Waals surface area contributed by atoms with Gasteiger partial charge in [0.05, 0.1) is 6.04 Å². The van der Waals surface area contributed by atoms with E-state index in [1.165, 1.54) is 0 Å². The Morgan fingerprint density at radius 1 is 1.36 bits per heavy atom. The molecule has 1 unspecified atom stereocenters. The molecule has 0 aliphatic rings. The van der Waals surface area contributed by atoms with E-state index in [1.807, 2.05) is 20.8 Å². The van der Waals surface area contributed by atoms with E-state index in [1.54, 1.807) is 4.90 Å². The molecule has 3 heteroatoms. The van der Waals surface area contributed by atoms with Crippen LogP contribution >= 0.6 is 0 Å². The first kappa shape index (κ1) is 10.4. The van der Waals surface area contributed by atoms with Gasteiger partial charge in [-0.05, 0) is 20.3 Å². The number of nitrogens with zero attached hydrogens (tertiary/aromatic N) is 1. The van der Waals surface area contributed by atoms with E-state index in [0.29, 0.717) is 0 Å². The number of carbonyl (C=O) groups is 1. The summed E-state index contributed by atoms with van der Waals surface area (Å²) in [6.45, 7) is 7.35. The van der Waals surface area contributed by atoms with Crippen LogP contribution in [0.1, 0.15) is 27.2 Å². The molecule has 0 heterocycles. The fourth-order valence-electron chi connectivity index (χ4n) is 0.944. The van der Waals surface area contributed by atoms with E-state index in [0.717, 1.165) is 19.5 Å². The second-order valence-electron chi connectivity index (χ2n) is 2.53. The van der Waals surface area contributed by atoms with Gasteiger partial charge >= 0.3 is 0 Å². The van der Waals surface area contributed by atoms with Gasteiger partial charge in [0.1, 0.15) is 0 Å². The maximum absolute atomic E-state index is 11.3. The van der Waals surface area contributed by atoms with Crippen molar-refractivity contribution < 1.29 is 4.79 Å². The first-order chi connectivity index (χ1) is 5.17. The molecule has 0 bridgehead atoms. The fourth-order valence-corrected chi connectivity index (χ4v) is 0.944. The number of nitrogens with two attached hydrogens (primary N) is 1. The molecule has 3 nitrogen and oxygen atoms in total. The molecule has 0 fully saturated rings. The van der Waals surface area contributed by atoms with Crippen molar-refractivity contribution >= 4 is 5.91 Å². The summed E-state index contributed by atoms with van der Waals surface area (Å²) in [5.41, 5.74) is 5.58. The van der Waals surface area contributed by atoms with Crippen molar-refractivity contribution in [3.05, 3.63) is 0 Å². The molecule has 0 aliphatic heterocycles. The largest absolute Gasteiger partial charge is 0.342 e. The van der Waals surface area contributed by atoms with Crippen molar-refractivity contribution in [2.24, 2.45) is 5.73 Å². The standard InChI is InChI=1S/C8H18N2O/c1-4-7(9)8(11)10(5-2)6-3/h7H,4-6,9H2,1-3H3. The van der Waals surface area contributed by atoms with E-state index in [4.69, 9.17) is 5.73 Å². The molecule has 0 aromatic rings. The van der Waals surface area contributed by atoms with E-state index in [9.17, 15) is 4.79 Å². The number of hydrogen-bond donors (Lipinski definition) is 1. The third-order valence-electron chi connectivity index (χ3n) is 1.83. The molecule has 0 aromatic heterocycles. The summed E-state index contributed by atoms with van der Waals surface area (Å²) in [5.74, 6) is 0.0671. The molecular formula is C8H18N2O. The van der Waals surface area contributed by atoms with E-state index in [-0.39, 0.29) is 11.9 Å². The molecular weight excluding hydrogens is 140 g/mol. The Morgan fingerprint density at radius 2 is 1.82 bits per heavy atom. The van der Waals surface area contributed by atoms with Gasteiger partial charge in [0.15, 0.2) is 0 Å². The zero-order chi connectivity index (χ0) is 8.85. The van der Waals surface area contributed by atoms with Crippen LogP contribution in [0.3, 0.4) is 0 Å². The SMILES string of the molecule is CCC(N)C(=O)N(CC)CC. The molecule has 0 aliphatic carbocycles. The molecule has 0 saturated heterocycles. The van der Waals surface area contributed by atoms with Crippen LogP contribution in [0.5, 0.6) is 0 Å². The maximum Gasteiger partial charge on any atom is 0.239 e. The zero-order valence-electron chi connectivity index (χ0n) is 7.63. The Balaban J connectivity index is 3.97. The third-order valence-corrected chi connectivity index (χ3v) is 1.83. The van der Waals surface area contributed by atoms with Gasteiger partial charge in [-0.2, -0.15) is 0 Å². The molecule has 0 aromatic carbocycles. The number of hydrogen-bond acceptors (Lipinski definition) is 2. The van der Waals surface area contributed by atoms with E-state index in [2.05, 4.69) is 0 Å². The topological polar surface area (TPSA) is 46.3 Å². The molecule has 1 atom stereocenters. The first-order valence-electron chi connectivity index (χ1n) is 4.21. The molecule has 2 N–H and O–H groups in total. The predicted octanol–water partition coefficient (Wildman–Crippen LogP) is 0.592. The molecule has 11 heavy (non-hydrogen) atoms. The third kappa shape index (κ3) is 2.89. The van der Waals surface area contributed by atoms with Crippen LogP contribution in [0.15, 0.2) is 0 Å². The average molecular weight is 158 g/mol. The van der Waals surface area contributed by atoms with Crippen LogP contribution < -0.4 is 5.73 Å². The summed E-state index contributed by atoms with van der Waals surface area (Å²) in [5, 5.41) is 0. The molecule has 1 amide bonds. The Hall–Kier alpha value is -0.570. The summed E-state index contributed by atoms with van der Waals surface area (Å²) < 4.78 is 0. The molecule has 0 saturated carbocycles. The lowest BCUT2D eigenvalue weighted by atomic mass is 10.2. The predicted molar refractivity (Wildman–Crippen MR) is 46.2 cm³/mol. The Morgan fingerprint density at radius 3 is 2.09 bits per heavy atom. The normalized spacial score (nSPS) is 12.7. The summed E-state index contributed by atoms with van der Waals surface area (Å²) in [7, 11) is 0. The van der Waals surface area contributed by atoms with Crippen molar-refractivity contribution in [3.8, 4) is 0 Å². The minimum absolute atomic E-state index is 0.0671. The number of rotatable bonds is 4. The molecule has 66 valence electrons. The number of amides is 1.